The van der Waals surface area contributed by atoms with Crippen LogP contribution in [0.25, 0.3) is 0 Å². The van der Waals surface area contributed by atoms with Crippen molar-refractivity contribution in [1.82, 2.24) is 0 Å². The van der Waals surface area contributed by atoms with Gasteiger partial charge in [0.2, 0.25) is 0 Å². The molecule has 0 fully saturated rings. The fraction of sp³-hybridized carbons (Fsp3) is 0.700. The Morgan fingerprint density at radius 1 is 0.909 bits per heavy atom. The highest BCUT2D eigenvalue weighted by molar-refractivity contribution is 14.0. The minimum Gasteiger partial charge on any atom is -0.131 e. The molecule has 0 saturated carbocycles. The van der Waals surface area contributed by atoms with Gasteiger partial charge in [-0.15, -0.1) is 33.2 Å². The van der Waals surface area contributed by atoms with Crippen LogP contribution < -0.4 is 0 Å². The third-order valence-corrected chi connectivity index (χ3v) is 5.00. The maximum atomic E-state index is 3.07. The molecule has 128 valence electrons. The molecule has 0 aliphatic carbocycles. The van der Waals surface area contributed by atoms with Gasteiger partial charge in [-0.3, -0.25) is 0 Å². The fourth-order valence-electron chi connectivity index (χ4n) is 2.98. The van der Waals surface area contributed by atoms with E-state index in [0.29, 0.717) is 5.16 Å². The maximum Gasteiger partial charge on any atom is -0.0175 e. The lowest BCUT2D eigenvalue weighted by Crippen LogP contribution is -2.26. The molecule has 0 N–H and O–H groups in total. The van der Waals surface area contributed by atoms with E-state index in [0.717, 1.165) is 5.92 Å². The molecule has 22 heavy (non-hydrogen) atoms. The molecule has 0 heterocycles. The average molecular weight is 434 g/mol. The second-order valence-corrected chi connectivity index (χ2v) is 8.61. The molecule has 2 heteroatoms. The van der Waals surface area contributed by atoms with Gasteiger partial charge in [0.1, 0.15) is 0 Å². The summed E-state index contributed by atoms with van der Waals surface area (Å²) in [7, 11) is 3.07. The van der Waals surface area contributed by atoms with Crippen molar-refractivity contribution >= 4 is 33.2 Å². The van der Waals surface area contributed by atoms with Crippen LogP contribution in [0.4, 0.5) is 0 Å². The van der Waals surface area contributed by atoms with Crippen LogP contribution in [-0.4, -0.2) is 5.16 Å². The van der Waals surface area contributed by atoms with E-state index in [1.54, 1.807) is 0 Å². The van der Waals surface area contributed by atoms with Crippen molar-refractivity contribution in [3.05, 3.63) is 35.9 Å². The lowest BCUT2D eigenvalue weighted by Gasteiger charge is -2.31. The summed E-state index contributed by atoms with van der Waals surface area (Å²) >= 11 is 0. The van der Waals surface area contributed by atoms with E-state index in [2.05, 4.69) is 60.3 Å². The first kappa shape index (κ1) is 22.4. The summed E-state index contributed by atoms with van der Waals surface area (Å²) in [5, 5.41) is 0.331. The minimum absolute atomic E-state index is 0. The molecule has 2 atom stereocenters. The van der Waals surface area contributed by atoms with E-state index in [1.807, 2.05) is 0 Å². The molecule has 0 aromatic heterocycles. The third-order valence-electron chi connectivity index (χ3n) is 4.53. The third kappa shape index (κ3) is 10.2. The molecule has 0 aliphatic heterocycles. The van der Waals surface area contributed by atoms with Crippen molar-refractivity contribution in [2.75, 3.05) is 0 Å². The van der Waals surface area contributed by atoms with Gasteiger partial charge in [-0.25, -0.2) is 0 Å². The van der Waals surface area contributed by atoms with Crippen LogP contribution in [0, 0.1) is 5.92 Å². The SMILES string of the molecule is CCCCCCCCCC(Cc1ccccc1)C(C)(C)P.I. The van der Waals surface area contributed by atoms with E-state index < -0.39 is 0 Å². The normalized spacial score (nSPS) is 12.7. The molecule has 1 aromatic carbocycles. The quantitative estimate of drug-likeness (QED) is 0.195. The van der Waals surface area contributed by atoms with Crippen molar-refractivity contribution in [1.29, 1.82) is 0 Å². The second kappa shape index (κ2) is 12.8. The van der Waals surface area contributed by atoms with E-state index in [1.165, 1.54) is 63.4 Å². The summed E-state index contributed by atoms with van der Waals surface area (Å²) in [5.41, 5.74) is 1.49. The van der Waals surface area contributed by atoms with Gasteiger partial charge in [0, 0.05) is 0 Å². The topological polar surface area (TPSA) is 0 Å². The number of hydrogen-bond acceptors (Lipinski definition) is 0. The molecule has 1 rings (SSSR count). The molecular weight excluding hydrogens is 398 g/mol. The maximum absolute atomic E-state index is 3.07. The molecule has 0 amide bonds. The summed E-state index contributed by atoms with van der Waals surface area (Å²) < 4.78 is 0. The van der Waals surface area contributed by atoms with E-state index in [4.69, 9.17) is 0 Å². The Hall–Kier alpha value is 0.380. The van der Waals surface area contributed by atoms with Gasteiger partial charge < -0.3 is 0 Å². The Bertz CT molecular complexity index is 356. The standard InChI is InChI=1S/C20H35P.HI/c1-4-5-6-7-8-9-13-16-19(20(2,3)21)17-18-14-11-10-12-15-18;/h10-12,14-15,19H,4-9,13,16-17,21H2,1-3H3;1H. The van der Waals surface area contributed by atoms with Crippen LogP contribution in [0.15, 0.2) is 30.3 Å². The highest BCUT2D eigenvalue weighted by atomic mass is 127. The van der Waals surface area contributed by atoms with Gasteiger partial charge in [0.25, 0.3) is 0 Å². The van der Waals surface area contributed by atoms with Crippen molar-refractivity contribution < 1.29 is 0 Å². The minimum atomic E-state index is 0. The van der Waals surface area contributed by atoms with Crippen LogP contribution in [0.1, 0.15) is 77.7 Å². The van der Waals surface area contributed by atoms with Crippen molar-refractivity contribution in [2.24, 2.45) is 5.92 Å². The molecule has 0 nitrogen and oxygen atoms in total. The first-order valence-electron chi connectivity index (χ1n) is 8.87. The number of rotatable bonds is 11. The molecule has 1 aromatic rings. The van der Waals surface area contributed by atoms with Crippen molar-refractivity contribution in [3.8, 4) is 0 Å². The van der Waals surface area contributed by atoms with Gasteiger partial charge in [-0.1, -0.05) is 96.0 Å². The number of benzene rings is 1. The van der Waals surface area contributed by atoms with Gasteiger partial charge in [-0.05, 0) is 29.5 Å². The van der Waals surface area contributed by atoms with E-state index in [9.17, 15) is 0 Å². The van der Waals surface area contributed by atoms with Crippen LogP contribution in [0.3, 0.4) is 0 Å². The van der Waals surface area contributed by atoms with Crippen LogP contribution in [0.2, 0.25) is 0 Å². The lowest BCUT2D eigenvalue weighted by atomic mass is 9.84. The lowest BCUT2D eigenvalue weighted by molar-refractivity contribution is 0.373. The highest BCUT2D eigenvalue weighted by Crippen LogP contribution is 2.33. The summed E-state index contributed by atoms with van der Waals surface area (Å²) in [5.74, 6) is 0.764. The number of hydrogen-bond donors (Lipinski definition) is 0. The molecule has 0 saturated heterocycles. The van der Waals surface area contributed by atoms with Crippen LogP contribution in [-0.2, 0) is 6.42 Å². The monoisotopic (exact) mass is 434 g/mol. The van der Waals surface area contributed by atoms with Crippen molar-refractivity contribution in [3.63, 3.8) is 0 Å². The van der Waals surface area contributed by atoms with Gasteiger partial charge >= 0.3 is 0 Å². The molecule has 0 radical (unpaired) electrons. The van der Waals surface area contributed by atoms with E-state index in [-0.39, 0.29) is 24.0 Å². The molecular formula is C20H36IP. The average Bonchev–Trinajstić information content (AvgIpc) is 2.45. The summed E-state index contributed by atoms with van der Waals surface area (Å²) in [4.78, 5) is 0. The largest absolute Gasteiger partial charge is 0.131 e. The smallest absolute Gasteiger partial charge is 0.0175 e. The second-order valence-electron chi connectivity index (χ2n) is 7.12. The Labute approximate surface area is 158 Å². The number of unbranched alkanes of at least 4 members (excludes halogenated alkanes) is 6. The molecule has 2 unspecified atom stereocenters. The zero-order valence-corrected chi connectivity index (χ0v) is 18.3. The van der Waals surface area contributed by atoms with Crippen molar-refractivity contribution in [2.45, 2.75) is 83.7 Å². The van der Waals surface area contributed by atoms with E-state index >= 15 is 0 Å². The fourth-order valence-corrected chi connectivity index (χ4v) is 3.27. The highest BCUT2D eigenvalue weighted by Gasteiger charge is 2.24. The summed E-state index contributed by atoms with van der Waals surface area (Å²) in [6, 6.07) is 11.0. The number of halogens is 1. The Morgan fingerprint density at radius 2 is 1.45 bits per heavy atom. The van der Waals surface area contributed by atoms with Crippen LogP contribution >= 0.6 is 33.2 Å². The molecule has 0 spiro atoms. The Kier molecular flexibility index (Phi) is 13.0. The molecule has 0 bridgehead atoms. The predicted octanol–water partition coefficient (Wildman–Crippen LogP) is 7.26. The Morgan fingerprint density at radius 3 is 2.00 bits per heavy atom. The van der Waals surface area contributed by atoms with Gasteiger partial charge in [-0.2, -0.15) is 0 Å². The summed E-state index contributed by atoms with van der Waals surface area (Å²) in [6.07, 6.45) is 12.4. The zero-order valence-electron chi connectivity index (χ0n) is 14.8. The van der Waals surface area contributed by atoms with Gasteiger partial charge in [0.15, 0.2) is 0 Å². The first-order valence-corrected chi connectivity index (χ1v) is 9.44. The zero-order chi connectivity index (χ0) is 15.6. The molecule has 0 aliphatic rings. The predicted molar refractivity (Wildman–Crippen MR) is 115 cm³/mol. The van der Waals surface area contributed by atoms with Gasteiger partial charge in [0.05, 0.1) is 0 Å². The summed E-state index contributed by atoms with van der Waals surface area (Å²) in [6.45, 7) is 7.02. The Balaban J connectivity index is 0.00000441. The first-order chi connectivity index (χ1) is 10.0. The van der Waals surface area contributed by atoms with Crippen LogP contribution in [0.5, 0.6) is 0 Å².